The molecular weight excluding hydrogens is 1270 g/mol. The minimum atomic E-state index is -1.82. The Balaban J connectivity index is 1.15. The summed E-state index contributed by atoms with van der Waals surface area (Å²) in [6.45, 7) is 5.96. The maximum atomic E-state index is 14.9. The molecule has 3 aromatic rings. The Morgan fingerprint density at radius 3 is 2.08 bits per heavy atom. The van der Waals surface area contributed by atoms with E-state index in [9.17, 15) is 87.2 Å². The number of fused-ring (bicyclic) bond motifs is 5. The zero-order chi connectivity index (χ0) is 70.4. The Morgan fingerprint density at radius 2 is 1.44 bits per heavy atom. The summed E-state index contributed by atoms with van der Waals surface area (Å²) in [5, 5.41) is 55.6. The van der Waals surface area contributed by atoms with Crippen LogP contribution in [0.25, 0.3) is 10.9 Å². The summed E-state index contributed by atoms with van der Waals surface area (Å²) in [7, 11) is 0. The third-order valence-corrected chi connectivity index (χ3v) is 18.2. The molecule has 5 unspecified atom stereocenters. The van der Waals surface area contributed by atoms with Gasteiger partial charge in [0.1, 0.15) is 37.3 Å². The van der Waals surface area contributed by atoms with Crippen molar-refractivity contribution in [2.75, 3.05) is 49.2 Å². The van der Waals surface area contributed by atoms with Crippen LogP contribution in [0.4, 0.5) is 16.2 Å². The lowest BCUT2D eigenvalue weighted by Gasteiger charge is -2.32. The lowest BCUT2D eigenvalue weighted by molar-refractivity contribution is -0.144. The van der Waals surface area contributed by atoms with Crippen molar-refractivity contribution < 1.29 is 92.0 Å². The molecule has 0 aliphatic carbocycles. The number of ketones is 2. The fourth-order valence-electron chi connectivity index (χ4n) is 11.3. The Kier molecular flexibility index (Phi) is 25.5. The van der Waals surface area contributed by atoms with E-state index < -0.39 is 224 Å². The van der Waals surface area contributed by atoms with Crippen molar-refractivity contribution >= 4 is 123 Å². The number of imide groups is 1. The summed E-state index contributed by atoms with van der Waals surface area (Å²) in [5.74, 6) is -16.4. The van der Waals surface area contributed by atoms with E-state index in [1.807, 2.05) is 0 Å². The number of nitrogens with zero attached hydrogens (tertiary/aromatic N) is 2. The number of Topliss-reactive ketones (excluding diaryl/α,β-unsaturated/α-hetero) is 2. The minimum absolute atomic E-state index is 0.166. The number of aliphatic hydroxyl groups is 3. The topological polar surface area (TPSA) is 483 Å². The predicted octanol–water partition coefficient (Wildman–Crippen LogP) is -2.20. The lowest BCUT2D eigenvalue weighted by Crippen LogP contribution is -2.60. The predicted molar refractivity (Wildman–Crippen MR) is 342 cm³/mol. The van der Waals surface area contributed by atoms with Gasteiger partial charge in [-0.15, -0.1) is 11.8 Å². The van der Waals surface area contributed by atoms with Crippen LogP contribution in [-0.2, 0) is 84.9 Å². The average Bonchev–Trinajstić information content (AvgIpc) is 1.63. The van der Waals surface area contributed by atoms with Gasteiger partial charge in [0.05, 0.1) is 55.4 Å². The Hall–Kier alpha value is -9.60. The number of anilines is 2. The first-order chi connectivity index (χ1) is 45.4. The fourth-order valence-corrected chi connectivity index (χ4v) is 12.4. The van der Waals surface area contributed by atoms with Crippen molar-refractivity contribution in [3.63, 3.8) is 0 Å². The van der Waals surface area contributed by atoms with E-state index >= 15 is 0 Å². The highest BCUT2D eigenvalue weighted by Crippen LogP contribution is 2.35. The van der Waals surface area contributed by atoms with Crippen LogP contribution < -0.4 is 53.6 Å². The lowest BCUT2D eigenvalue weighted by atomic mass is 9.85. The number of rotatable bonds is 19. The number of carbonyl (C=O) groups is 15. The number of benzene rings is 2. The Labute approximate surface area is 554 Å². The zero-order valence-corrected chi connectivity index (χ0v) is 54.5. The number of aromatic nitrogens is 1. The number of nitrogens with one attached hydrogen (secondary N) is 10. The van der Waals surface area contributed by atoms with Crippen molar-refractivity contribution in [1.82, 2.24) is 52.0 Å². The van der Waals surface area contributed by atoms with Crippen LogP contribution in [0.15, 0.2) is 59.6 Å². The number of H-pyrrole nitrogens is 1. The summed E-state index contributed by atoms with van der Waals surface area (Å²) in [6.07, 6.45) is -4.06. The molecule has 32 nitrogen and oxygen atoms in total. The molecule has 1 fully saturated rings. The number of carbonyl (C=O) groups excluding carboxylic acids is 15. The zero-order valence-electron chi connectivity index (χ0n) is 53.6. The van der Waals surface area contributed by atoms with Crippen LogP contribution in [0.3, 0.4) is 0 Å². The SMILES string of the molecule is CC[C@H](C)[C@@H]1NC(=O)CNC(=O)C2CC(=O)[C@H](C(C)[C@@H](O)CO)NC(=O)[C@@H]3C[C@@H](O)CN3C(=O)C(CC(N)=O)NC(=O)C(CSc3[nH]c4cc(NC(=O)OCc5ccc(NC(=O)[C@H](C)CC(=O)C(NC(=O)CN6C(=O)C=CC6=O)C(C)C)cc5)ccc4c3C2)NC(=O)CNC1=O. The second-order valence-corrected chi connectivity index (χ2v) is 25.7. The second-order valence-electron chi connectivity index (χ2n) is 24.6. The highest BCUT2D eigenvalue weighted by Gasteiger charge is 2.45. The van der Waals surface area contributed by atoms with Crippen molar-refractivity contribution in [2.24, 2.45) is 35.3 Å². The van der Waals surface area contributed by atoms with Gasteiger partial charge in [-0.05, 0) is 53.6 Å². The number of hydrogen-bond acceptors (Lipinski definition) is 20. The summed E-state index contributed by atoms with van der Waals surface area (Å²) >= 11 is 0.913. The van der Waals surface area contributed by atoms with E-state index in [-0.39, 0.29) is 30.2 Å². The number of ether oxygens (including phenoxy) is 1. The number of hydrogen-bond donors (Lipinski definition) is 14. The van der Waals surface area contributed by atoms with E-state index in [0.29, 0.717) is 34.1 Å². The van der Waals surface area contributed by atoms with Gasteiger partial charge in [0, 0.05) is 83.7 Å². The van der Waals surface area contributed by atoms with Crippen LogP contribution in [-0.4, -0.2) is 206 Å². The van der Waals surface area contributed by atoms with E-state index in [1.165, 1.54) is 26.0 Å². The minimum Gasteiger partial charge on any atom is -0.444 e. The average molecular weight is 1360 g/mol. The third kappa shape index (κ3) is 19.3. The van der Waals surface area contributed by atoms with Gasteiger partial charge in [-0.25, -0.2) is 4.79 Å². The van der Waals surface area contributed by atoms with Crippen molar-refractivity contribution in [2.45, 2.75) is 140 Å². The van der Waals surface area contributed by atoms with Crippen LogP contribution in [0, 0.1) is 29.6 Å². The summed E-state index contributed by atoms with van der Waals surface area (Å²) in [4.78, 5) is 208. The van der Waals surface area contributed by atoms with Crippen LogP contribution in [0.5, 0.6) is 0 Å². The molecule has 0 saturated carbocycles. The van der Waals surface area contributed by atoms with Gasteiger partial charge in [-0.1, -0.05) is 66.2 Å². The summed E-state index contributed by atoms with van der Waals surface area (Å²) in [5.41, 5.74) is 7.20. The molecule has 7 rings (SSSR count). The molecule has 1 saturated heterocycles. The first-order valence-corrected chi connectivity index (χ1v) is 32.2. The normalized spacial score (nSPS) is 23.4. The summed E-state index contributed by atoms with van der Waals surface area (Å²) in [6, 6.07) is 1.84. The second kappa shape index (κ2) is 33.2. The molecule has 518 valence electrons. The third-order valence-electron chi connectivity index (χ3n) is 17.0. The van der Waals surface area contributed by atoms with Gasteiger partial charge in [0.25, 0.3) is 11.8 Å². The maximum absolute atomic E-state index is 14.9. The number of amides is 13. The molecule has 96 heavy (non-hydrogen) atoms. The van der Waals surface area contributed by atoms with Gasteiger partial charge in [0.15, 0.2) is 11.6 Å². The monoisotopic (exact) mass is 1360 g/mol. The molecule has 4 aliphatic rings. The number of aliphatic hydroxyl groups excluding tert-OH is 3. The van der Waals surface area contributed by atoms with Crippen molar-refractivity contribution in [3.05, 3.63) is 65.7 Å². The molecule has 12 atom stereocenters. The van der Waals surface area contributed by atoms with Crippen LogP contribution in [0.1, 0.15) is 84.8 Å². The first kappa shape index (κ1) is 73.8. The largest absolute Gasteiger partial charge is 0.444 e. The molecule has 0 radical (unpaired) electrons. The van der Waals surface area contributed by atoms with Gasteiger partial charge >= 0.3 is 6.09 Å². The van der Waals surface area contributed by atoms with E-state index in [1.54, 1.807) is 58.0 Å². The molecule has 5 heterocycles. The highest BCUT2D eigenvalue weighted by atomic mass is 32.2. The molecule has 4 aliphatic heterocycles. The summed E-state index contributed by atoms with van der Waals surface area (Å²) < 4.78 is 5.53. The number of aromatic amines is 1. The number of thioether (sulfide) groups is 1. The van der Waals surface area contributed by atoms with E-state index in [2.05, 4.69) is 52.8 Å². The van der Waals surface area contributed by atoms with Gasteiger partial charge < -0.3 is 78.2 Å². The van der Waals surface area contributed by atoms with Crippen molar-refractivity contribution in [3.8, 4) is 0 Å². The first-order valence-electron chi connectivity index (χ1n) is 31.2. The number of primary amides is 1. The molecule has 0 spiro atoms. The van der Waals surface area contributed by atoms with Crippen molar-refractivity contribution in [1.29, 1.82) is 0 Å². The standard InChI is InChI=1S/C63H81N13O19S/c1-7-30(4)54-60(92)66-22-48(83)69-42-28-96-61-39(17-34(57(89)65-23-49(84)72-54)18-45(80)55(32(6)46(81)26-77)74-59(91)43-20-37(78)24-75(43)62(93)41(21-47(64)82)70-58(42)90)38-13-12-36(19-40(38)71-61)68-63(94)95-27-33-8-10-35(11-9-33)67-56(88)31(5)16-44(79)53(29(2)3)73-50(85)25-76-51(86)14-15-52(76)87/h8-15,19,29-32,34,37,41-43,46,53-55,71,77-78,81H,7,16-18,20-28H2,1-6H3,(H2,64,82)(H,65,89)(H,66,92)(H,67,88)(H,68,94)(H,69,83)(H,70,90)(H,72,84)(H,73,85)(H,74,91)/t30-,31+,32?,34?,37+,41?,42?,43-,46-,53?,54-,55-/m0/s1. The van der Waals surface area contributed by atoms with Crippen LogP contribution in [0.2, 0.25) is 0 Å². The maximum Gasteiger partial charge on any atom is 0.411 e. The Morgan fingerprint density at radius 1 is 0.781 bits per heavy atom. The molecule has 2 aromatic carbocycles. The smallest absolute Gasteiger partial charge is 0.411 e. The van der Waals surface area contributed by atoms with E-state index in [4.69, 9.17) is 10.5 Å². The number of nitrogens with two attached hydrogens (primary N) is 1. The molecule has 13 amide bonds. The molecular formula is C63H81N13O19S. The van der Waals surface area contributed by atoms with Gasteiger partial charge in [-0.3, -0.25) is 77.3 Å². The molecule has 2 bridgehead atoms. The highest BCUT2D eigenvalue weighted by molar-refractivity contribution is 7.99. The Bertz CT molecular complexity index is 3540. The van der Waals surface area contributed by atoms with Crippen LogP contribution >= 0.6 is 11.8 Å². The fraction of sp³-hybridized carbons (Fsp3) is 0.508. The van der Waals surface area contributed by atoms with E-state index in [0.717, 1.165) is 33.7 Å². The molecule has 15 N–H and O–H groups in total. The quantitative estimate of drug-likeness (QED) is 0.0566. The molecule has 33 heteroatoms. The van der Waals surface area contributed by atoms with Gasteiger partial charge in [-0.2, -0.15) is 0 Å². The molecule has 1 aromatic heterocycles. The van der Waals surface area contributed by atoms with Gasteiger partial charge in [0.2, 0.25) is 59.1 Å².